The fraction of sp³-hybridized carbons (Fsp3) is 0.409. The van der Waals surface area contributed by atoms with E-state index in [-0.39, 0.29) is 30.6 Å². The van der Waals surface area contributed by atoms with E-state index in [1.54, 1.807) is 0 Å². The van der Waals surface area contributed by atoms with Crippen molar-refractivity contribution in [3.05, 3.63) is 70.8 Å². The third-order valence-corrected chi connectivity index (χ3v) is 5.72. The number of rotatable bonds is 6. The van der Waals surface area contributed by atoms with Gasteiger partial charge in [0.1, 0.15) is 0 Å². The molecular weight excluding hydrogens is 446 g/mol. The second-order valence-corrected chi connectivity index (χ2v) is 7.87. The van der Waals surface area contributed by atoms with E-state index in [0.29, 0.717) is 25.0 Å². The van der Waals surface area contributed by atoms with E-state index in [1.165, 1.54) is 0 Å². The molecule has 0 saturated heterocycles. The van der Waals surface area contributed by atoms with Crippen LogP contribution < -0.4 is 0 Å². The van der Waals surface area contributed by atoms with Crippen LogP contribution in [0, 0.1) is 5.92 Å². The first-order valence-corrected chi connectivity index (χ1v) is 9.99. The Hall–Kier alpha value is -2.06. The molecule has 3 unspecified atom stereocenters. The van der Waals surface area contributed by atoms with Crippen LogP contribution in [-0.4, -0.2) is 18.0 Å². The lowest BCUT2D eigenvalue weighted by atomic mass is 9.88. The Morgan fingerprint density at radius 2 is 1.52 bits per heavy atom. The minimum Gasteiger partial charge on any atom is -0.377 e. The number of alkyl halides is 6. The van der Waals surface area contributed by atoms with E-state index in [9.17, 15) is 31.1 Å². The van der Waals surface area contributed by atoms with Crippen LogP contribution in [0.4, 0.5) is 26.3 Å². The van der Waals surface area contributed by atoms with Gasteiger partial charge in [-0.3, -0.25) is 4.79 Å². The van der Waals surface area contributed by atoms with Crippen LogP contribution in [0.1, 0.15) is 41.0 Å². The normalized spacial score (nSPS) is 22.0. The molecule has 0 radical (unpaired) electrons. The van der Waals surface area contributed by atoms with E-state index in [2.05, 4.69) is 0 Å². The summed E-state index contributed by atoms with van der Waals surface area (Å²) >= 11 is 5.74. The molecule has 0 aromatic heterocycles. The zero-order chi connectivity index (χ0) is 22.8. The summed E-state index contributed by atoms with van der Waals surface area (Å²) in [5, 5.41) is -0.493. The van der Waals surface area contributed by atoms with Gasteiger partial charge >= 0.3 is 12.4 Å². The van der Waals surface area contributed by atoms with E-state index >= 15 is 0 Å². The van der Waals surface area contributed by atoms with E-state index in [0.717, 1.165) is 5.56 Å². The molecule has 1 saturated carbocycles. The highest BCUT2D eigenvalue weighted by molar-refractivity contribution is 6.64. The quantitative estimate of drug-likeness (QED) is 0.355. The van der Waals surface area contributed by atoms with Crippen molar-refractivity contribution in [3.63, 3.8) is 0 Å². The second kappa shape index (κ2) is 9.20. The lowest BCUT2D eigenvalue weighted by Gasteiger charge is -2.24. The van der Waals surface area contributed by atoms with Crippen molar-refractivity contribution >= 4 is 16.8 Å². The summed E-state index contributed by atoms with van der Waals surface area (Å²) in [5.74, 6) is -0.780. The largest absolute Gasteiger partial charge is 0.416 e. The van der Waals surface area contributed by atoms with Gasteiger partial charge in [-0.2, -0.15) is 26.3 Å². The van der Waals surface area contributed by atoms with Gasteiger partial charge in [0.15, 0.2) is 0 Å². The molecule has 1 aliphatic carbocycles. The van der Waals surface area contributed by atoms with Crippen molar-refractivity contribution in [1.82, 2.24) is 0 Å². The molecule has 2 aromatic carbocycles. The third kappa shape index (κ3) is 5.80. The Morgan fingerprint density at radius 3 is 2.03 bits per heavy atom. The highest BCUT2D eigenvalue weighted by Crippen LogP contribution is 2.43. The Bertz CT molecular complexity index is 878. The van der Waals surface area contributed by atoms with Gasteiger partial charge in [-0.05, 0) is 60.2 Å². The van der Waals surface area contributed by atoms with Crippen molar-refractivity contribution in [2.24, 2.45) is 5.92 Å². The van der Waals surface area contributed by atoms with Crippen molar-refractivity contribution < 1.29 is 35.9 Å². The number of benzene rings is 2. The molecule has 0 N–H and O–H groups in total. The average Bonchev–Trinajstić information content (AvgIpc) is 3.11. The molecule has 2 nitrogen and oxygen atoms in total. The molecule has 3 atom stereocenters. The summed E-state index contributed by atoms with van der Waals surface area (Å²) in [5.41, 5.74) is -1.98. The standard InChI is InChI=1S/C22H19ClF6O2/c23-20(30)17-6-7-18(19(17)14-4-2-1-3-5-14)31-9-8-13-10-15(21(24,25)26)12-16(11-13)22(27,28)29/h1-5,10-12,17-19H,6-9H2. The molecule has 0 amide bonds. The Kier molecular flexibility index (Phi) is 7.01. The van der Waals surface area contributed by atoms with Crippen LogP contribution >= 0.6 is 11.6 Å². The molecule has 168 valence electrons. The number of ether oxygens (including phenoxy) is 1. The van der Waals surface area contributed by atoms with Crippen LogP contribution in [0.25, 0.3) is 0 Å². The number of hydrogen-bond acceptors (Lipinski definition) is 2. The van der Waals surface area contributed by atoms with Crippen LogP contribution in [0.3, 0.4) is 0 Å². The average molecular weight is 465 g/mol. The highest BCUT2D eigenvalue weighted by atomic mass is 35.5. The van der Waals surface area contributed by atoms with Crippen molar-refractivity contribution in [2.45, 2.75) is 43.6 Å². The first-order chi connectivity index (χ1) is 14.5. The molecule has 0 heterocycles. The second-order valence-electron chi connectivity index (χ2n) is 7.50. The molecule has 1 fully saturated rings. The Morgan fingerprint density at radius 1 is 0.935 bits per heavy atom. The smallest absolute Gasteiger partial charge is 0.377 e. The summed E-state index contributed by atoms with van der Waals surface area (Å²) in [4.78, 5) is 11.8. The topological polar surface area (TPSA) is 26.3 Å². The fourth-order valence-corrected chi connectivity index (χ4v) is 4.26. The highest BCUT2D eigenvalue weighted by Gasteiger charge is 2.41. The number of carbonyl (C=O) groups is 1. The van der Waals surface area contributed by atoms with Crippen LogP contribution in [0.5, 0.6) is 0 Å². The summed E-state index contributed by atoms with van der Waals surface area (Å²) < 4.78 is 83.9. The zero-order valence-corrected chi connectivity index (χ0v) is 16.9. The molecule has 0 aliphatic heterocycles. The molecule has 2 aromatic rings. The van der Waals surface area contributed by atoms with Gasteiger partial charge in [0, 0.05) is 11.8 Å². The SMILES string of the molecule is O=C(Cl)C1CCC(OCCc2cc(C(F)(F)F)cc(C(F)(F)F)c2)C1c1ccccc1. The van der Waals surface area contributed by atoms with Gasteiger partial charge < -0.3 is 4.74 Å². The number of halogens is 7. The van der Waals surface area contributed by atoms with Crippen LogP contribution in [0.15, 0.2) is 48.5 Å². The Balaban J connectivity index is 1.75. The Labute approximate surface area is 180 Å². The first-order valence-electron chi connectivity index (χ1n) is 9.61. The van der Waals surface area contributed by atoms with Gasteiger partial charge in [0.25, 0.3) is 0 Å². The van der Waals surface area contributed by atoms with Crippen LogP contribution in [-0.2, 0) is 28.3 Å². The predicted octanol–water partition coefficient (Wildman–Crippen LogP) is 6.61. The maximum absolute atomic E-state index is 13.0. The molecule has 31 heavy (non-hydrogen) atoms. The maximum Gasteiger partial charge on any atom is 0.416 e. The van der Waals surface area contributed by atoms with Crippen molar-refractivity contribution in [3.8, 4) is 0 Å². The summed E-state index contributed by atoms with van der Waals surface area (Å²) in [6, 6.07) is 10.6. The number of carbonyl (C=O) groups excluding carboxylic acids is 1. The summed E-state index contributed by atoms with van der Waals surface area (Å²) in [6.45, 7) is -0.0875. The van der Waals surface area contributed by atoms with Gasteiger partial charge in [0.05, 0.1) is 23.8 Å². The molecule has 1 aliphatic rings. The van der Waals surface area contributed by atoms with Crippen molar-refractivity contribution in [2.75, 3.05) is 6.61 Å². The van der Waals surface area contributed by atoms with Gasteiger partial charge in [-0.1, -0.05) is 30.3 Å². The van der Waals surface area contributed by atoms with Gasteiger partial charge in [-0.15, -0.1) is 0 Å². The monoisotopic (exact) mass is 464 g/mol. The minimum absolute atomic E-state index is 0.0875. The molecule has 0 spiro atoms. The zero-order valence-electron chi connectivity index (χ0n) is 16.1. The minimum atomic E-state index is -4.89. The molecular formula is C22H19ClF6O2. The first kappa shape index (κ1) is 23.6. The number of hydrogen-bond donors (Lipinski definition) is 0. The lowest BCUT2D eigenvalue weighted by molar-refractivity contribution is -0.143. The molecule has 3 rings (SSSR count). The summed E-state index contributed by atoms with van der Waals surface area (Å²) in [7, 11) is 0. The van der Waals surface area contributed by atoms with E-state index < -0.39 is 40.7 Å². The van der Waals surface area contributed by atoms with Gasteiger partial charge in [-0.25, -0.2) is 0 Å². The maximum atomic E-state index is 13.0. The molecule has 9 heteroatoms. The lowest BCUT2D eigenvalue weighted by Crippen LogP contribution is -2.24. The fourth-order valence-electron chi connectivity index (χ4n) is 4.02. The molecule has 0 bridgehead atoms. The third-order valence-electron chi connectivity index (χ3n) is 5.44. The van der Waals surface area contributed by atoms with Crippen molar-refractivity contribution in [1.29, 1.82) is 0 Å². The van der Waals surface area contributed by atoms with E-state index in [4.69, 9.17) is 16.3 Å². The predicted molar refractivity (Wildman–Crippen MR) is 103 cm³/mol. The summed E-state index contributed by atoms with van der Waals surface area (Å²) in [6.07, 6.45) is -9.33. The van der Waals surface area contributed by atoms with Crippen LogP contribution in [0.2, 0.25) is 0 Å². The van der Waals surface area contributed by atoms with Gasteiger partial charge in [0.2, 0.25) is 5.24 Å². The van der Waals surface area contributed by atoms with E-state index in [1.807, 2.05) is 30.3 Å².